The van der Waals surface area contributed by atoms with Crippen LogP contribution in [0.1, 0.15) is 43.2 Å². The summed E-state index contributed by atoms with van der Waals surface area (Å²) in [7, 11) is 1.69. The molecule has 0 spiro atoms. The average Bonchev–Trinajstić information content (AvgIpc) is 3.17. The number of nitrogen functional groups attached to an aromatic ring is 1. The molecule has 6 heteroatoms. The molecular weight excluding hydrogens is 258 g/mol. The number of hydrogen-bond acceptors (Lipinski definition) is 4. The topological polar surface area (TPSA) is 77.6 Å². The predicted molar refractivity (Wildman–Crippen MR) is 75.3 cm³/mol. The van der Waals surface area contributed by atoms with Gasteiger partial charge in [-0.1, -0.05) is 0 Å². The molecule has 0 saturated heterocycles. The molecule has 1 aromatic rings. The molecule has 0 bridgehead atoms. The fourth-order valence-electron chi connectivity index (χ4n) is 1.91. The van der Waals surface area contributed by atoms with Gasteiger partial charge in [0.2, 0.25) is 0 Å². The van der Waals surface area contributed by atoms with Crippen LogP contribution >= 0.6 is 0 Å². The van der Waals surface area contributed by atoms with Gasteiger partial charge in [-0.25, -0.2) is 4.79 Å². The second-order valence-electron chi connectivity index (χ2n) is 5.47. The van der Waals surface area contributed by atoms with Gasteiger partial charge in [-0.3, -0.25) is 4.79 Å². The lowest BCUT2D eigenvalue weighted by molar-refractivity contribution is -0.134. The van der Waals surface area contributed by atoms with E-state index in [0.29, 0.717) is 17.4 Å². The Balaban J connectivity index is 1.97. The molecule has 1 aliphatic rings. The van der Waals surface area contributed by atoms with E-state index in [-0.39, 0.29) is 18.6 Å². The molecule has 0 radical (unpaired) electrons. The maximum absolute atomic E-state index is 12.0. The molecule has 0 atom stereocenters. The van der Waals surface area contributed by atoms with E-state index >= 15 is 0 Å². The summed E-state index contributed by atoms with van der Waals surface area (Å²) in [6, 6.07) is 2.01. The van der Waals surface area contributed by atoms with Gasteiger partial charge in [0.25, 0.3) is 5.91 Å². The molecule has 1 amide bonds. The van der Waals surface area contributed by atoms with Crippen LogP contribution in [0, 0.1) is 0 Å². The average molecular weight is 279 g/mol. The first-order valence-electron chi connectivity index (χ1n) is 6.80. The molecule has 1 heterocycles. The fourth-order valence-corrected chi connectivity index (χ4v) is 1.91. The molecule has 6 nitrogen and oxygen atoms in total. The number of carbonyl (C=O) groups excluding carboxylic acids is 2. The van der Waals surface area contributed by atoms with E-state index < -0.39 is 5.97 Å². The van der Waals surface area contributed by atoms with Crippen LogP contribution in [0.5, 0.6) is 0 Å². The van der Waals surface area contributed by atoms with Crippen molar-refractivity contribution in [3.63, 3.8) is 0 Å². The number of likely N-dealkylation sites (N-methyl/N-ethyl adjacent to an activating group) is 1. The highest BCUT2D eigenvalue weighted by atomic mass is 16.5. The molecule has 110 valence electrons. The number of anilines is 1. The molecule has 1 aliphatic carbocycles. The van der Waals surface area contributed by atoms with E-state index in [1.165, 1.54) is 0 Å². The predicted octanol–water partition coefficient (Wildman–Crippen LogP) is 1.43. The molecule has 2 N–H and O–H groups in total. The quantitative estimate of drug-likeness (QED) is 0.827. The molecule has 0 aliphatic heterocycles. The smallest absolute Gasteiger partial charge is 0.355 e. The number of nitrogens with two attached hydrogens (primary N) is 1. The number of rotatable bonds is 5. The van der Waals surface area contributed by atoms with Crippen LogP contribution in [0.25, 0.3) is 0 Å². The van der Waals surface area contributed by atoms with E-state index in [2.05, 4.69) is 0 Å². The van der Waals surface area contributed by atoms with Crippen LogP contribution in [0.2, 0.25) is 0 Å². The van der Waals surface area contributed by atoms with Gasteiger partial charge in [0.1, 0.15) is 5.69 Å². The van der Waals surface area contributed by atoms with Crippen molar-refractivity contribution in [2.75, 3.05) is 19.4 Å². The Morgan fingerprint density at radius 3 is 2.70 bits per heavy atom. The van der Waals surface area contributed by atoms with Crippen molar-refractivity contribution in [2.45, 2.75) is 38.8 Å². The Morgan fingerprint density at radius 2 is 2.15 bits per heavy atom. The van der Waals surface area contributed by atoms with E-state index in [1.807, 2.05) is 18.4 Å². The van der Waals surface area contributed by atoms with Crippen molar-refractivity contribution in [2.24, 2.45) is 0 Å². The number of hydrogen-bond donors (Lipinski definition) is 1. The van der Waals surface area contributed by atoms with Crippen molar-refractivity contribution >= 4 is 17.6 Å². The lowest BCUT2D eigenvalue weighted by Gasteiger charge is -2.21. The third kappa shape index (κ3) is 3.12. The van der Waals surface area contributed by atoms with Gasteiger partial charge in [-0.15, -0.1) is 0 Å². The van der Waals surface area contributed by atoms with Crippen molar-refractivity contribution in [1.29, 1.82) is 0 Å². The summed E-state index contributed by atoms with van der Waals surface area (Å²) in [6.07, 6.45) is 3.84. The van der Waals surface area contributed by atoms with E-state index in [4.69, 9.17) is 10.5 Å². The maximum Gasteiger partial charge on any atom is 0.355 e. The number of amides is 1. The second-order valence-corrected chi connectivity index (χ2v) is 5.47. The van der Waals surface area contributed by atoms with Gasteiger partial charge < -0.3 is 19.9 Å². The van der Waals surface area contributed by atoms with Crippen LogP contribution in [-0.2, 0) is 9.53 Å². The molecule has 1 saturated carbocycles. The van der Waals surface area contributed by atoms with E-state index in [0.717, 1.165) is 12.8 Å². The Morgan fingerprint density at radius 1 is 1.50 bits per heavy atom. The first kappa shape index (κ1) is 14.4. The minimum absolute atomic E-state index is 0.0761. The molecule has 0 unspecified atom stereocenters. The summed E-state index contributed by atoms with van der Waals surface area (Å²) in [5.41, 5.74) is 6.68. The SMILES string of the molecule is CC(C)N(C)C(=O)COC(=O)c1cc(N)cn1C1CC1. The van der Waals surface area contributed by atoms with Crippen LogP contribution in [-0.4, -0.2) is 41.0 Å². The zero-order valence-corrected chi connectivity index (χ0v) is 12.1. The molecule has 0 aromatic carbocycles. The third-order valence-corrected chi connectivity index (χ3v) is 3.51. The van der Waals surface area contributed by atoms with Gasteiger partial charge in [-0.2, -0.15) is 0 Å². The van der Waals surface area contributed by atoms with Crippen molar-refractivity contribution in [3.05, 3.63) is 18.0 Å². The zero-order chi connectivity index (χ0) is 14.9. The van der Waals surface area contributed by atoms with Crippen LogP contribution < -0.4 is 5.73 Å². The Labute approximate surface area is 118 Å². The standard InChI is InChI=1S/C14H21N3O3/c1-9(2)16(3)13(18)8-20-14(19)12-6-10(15)7-17(12)11-4-5-11/h6-7,9,11H,4-5,8,15H2,1-3H3. The number of ether oxygens (including phenoxy) is 1. The Kier molecular flexibility index (Phi) is 4.01. The summed E-state index contributed by atoms with van der Waals surface area (Å²) in [5.74, 6) is -0.718. The van der Waals surface area contributed by atoms with Gasteiger partial charge >= 0.3 is 5.97 Å². The fraction of sp³-hybridized carbons (Fsp3) is 0.571. The lowest BCUT2D eigenvalue weighted by Crippen LogP contribution is -2.36. The minimum atomic E-state index is -0.501. The second kappa shape index (κ2) is 5.56. The van der Waals surface area contributed by atoms with Crippen molar-refractivity contribution in [1.82, 2.24) is 9.47 Å². The summed E-state index contributed by atoms with van der Waals surface area (Å²) in [4.78, 5) is 25.4. The number of carbonyl (C=O) groups is 2. The molecule has 1 aromatic heterocycles. The highest BCUT2D eigenvalue weighted by Gasteiger charge is 2.28. The van der Waals surface area contributed by atoms with Crippen LogP contribution in [0.15, 0.2) is 12.3 Å². The molecular formula is C14H21N3O3. The number of aromatic nitrogens is 1. The van der Waals surface area contributed by atoms with E-state index in [9.17, 15) is 9.59 Å². The van der Waals surface area contributed by atoms with E-state index in [1.54, 1.807) is 24.2 Å². The Hall–Kier alpha value is -1.98. The monoisotopic (exact) mass is 279 g/mol. The summed E-state index contributed by atoms with van der Waals surface area (Å²) in [6.45, 7) is 3.56. The number of nitrogens with zero attached hydrogens (tertiary/aromatic N) is 2. The number of esters is 1. The van der Waals surface area contributed by atoms with Crippen molar-refractivity contribution in [3.8, 4) is 0 Å². The molecule has 2 rings (SSSR count). The van der Waals surface area contributed by atoms with Crippen LogP contribution in [0.3, 0.4) is 0 Å². The summed E-state index contributed by atoms with van der Waals surface area (Å²) < 4.78 is 6.93. The highest BCUT2D eigenvalue weighted by molar-refractivity contribution is 5.91. The lowest BCUT2D eigenvalue weighted by atomic mass is 10.3. The first-order chi connectivity index (χ1) is 9.40. The van der Waals surface area contributed by atoms with Crippen molar-refractivity contribution < 1.29 is 14.3 Å². The Bertz CT molecular complexity index is 518. The molecule has 1 fully saturated rings. The minimum Gasteiger partial charge on any atom is -0.451 e. The van der Waals surface area contributed by atoms with Gasteiger partial charge in [0.05, 0.1) is 5.69 Å². The molecule has 20 heavy (non-hydrogen) atoms. The summed E-state index contributed by atoms with van der Waals surface area (Å²) >= 11 is 0. The van der Waals surface area contributed by atoms with Gasteiger partial charge in [0.15, 0.2) is 6.61 Å². The first-order valence-corrected chi connectivity index (χ1v) is 6.80. The zero-order valence-electron chi connectivity index (χ0n) is 12.1. The highest BCUT2D eigenvalue weighted by Crippen LogP contribution is 2.37. The largest absolute Gasteiger partial charge is 0.451 e. The summed E-state index contributed by atoms with van der Waals surface area (Å²) in [5, 5.41) is 0. The van der Waals surface area contributed by atoms with Gasteiger partial charge in [0, 0.05) is 25.3 Å². The third-order valence-electron chi connectivity index (χ3n) is 3.51. The van der Waals surface area contributed by atoms with Crippen LogP contribution in [0.4, 0.5) is 5.69 Å². The maximum atomic E-state index is 12.0. The normalized spacial score (nSPS) is 14.4. The van der Waals surface area contributed by atoms with Gasteiger partial charge in [-0.05, 0) is 32.8 Å².